The van der Waals surface area contributed by atoms with Crippen molar-refractivity contribution >= 4 is 11.4 Å². The van der Waals surface area contributed by atoms with Crippen LogP contribution in [0.3, 0.4) is 0 Å². The molecule has 1 aromatic rings. The van der Waals surface area contributed by atoms with Crippen molar-refractivity contribution in [2.75, 3.05) is 31.7 Å². The molecular weight excluding hydrogens is 208 g/mol. The van der Waals surface area contributed by atoms with Crippen LogP contribution in [-0.4, -0.2) is 31.7 Å². The molecule has 0 heterocycles. The third-order valence-electron chi connectivity index (χ3n) is 2.28. The van der Waals surface area contributed by atoms with Crippen LogP contribution in [0.4, 0.5) is 11.4 Å². The third kappa shape index (κ3) is 3.51. The Bertz CT molecular complexity index is 338. The largest absolute Gasteiger partial charge is 0.380 e. The predicted octanol–water partition coefficient (Wildman–Crippen LogP) is 2.07. The molecule has 0 aliphatic carbocycles. The zero-order valence-corrected chi connectivity index (χ0v) is 9.55. The number of hydrogen-bond acceptors (Lipinski definition) is 4. The Morgan fingerprint density at radius 1 is 1.38 bits per heavy atom. The molecule has 88 valence electrons. The first-order chi connectivity index (χ1) is 7.65. The Morgan fingerprint density at radius 3 is 2.50 bits per heavy atom. The van der Waals surface area contributed by atoms with E-state index in [0.717, 1.165) is 12.2 Å². The molecule has 0 saturated heterocycles. The molecule has 1 aromatic carbocycles. The van der Waals surface area contributed by atoms with E-state index in [1.807, 2.05) is 18.9 Å². The van der Waals surface area contributed by atoms with Gasteiger partial charge >= 0.3 is 0 Å². The summed E-state index contributed by atoms with van der Waals surface area (Å²) in [6, 6.07) is 6.49. The fourth-order valence-corrected chi connectivity index (χ4v) is 1.30. The Morgan fingerprint density at radius 2 is 2.00 bits per heavy atom. The topological polar surface area (TPSA) is 55.6 Å². The maximum absolute atomic E-state index is 10.5. The second-order valence-electron chi connectivity index (χ2n) is 3.39. The molecule has 0 radical (unpaired) electrons. The van der Waals surface area contributed by atoms with Gasteiger partial charge in [0.05, 0.1) is 11.5 Å². The summed E-state index contributed by atoms with van der Waals surface area (Å²) in [5.41, 5.74) is 1.06. The summed E-state index contributed by atoms with van der Waals surface area (Å²) in [5, 5.41) is 10.5. The minimum Gasteiger partial charge on any atom is -0.380 e. The second kappa shape index (κ2) is 6.07. The van der Waals surface area contributed by atoms with Crippen molar-refractivity contribution in [2.24, 2.45) is 0 Å². The molecule has 0 aliphatic rings. The maximum atomic E-state index is 10.5. The van der Waals surface area contributed by atoms with Crippen LogP contribution >= 0.6 is 0 Å². The monoisotopic (exact) mass is 224 g/mol. The lowest BCUT2D eigenvalue weighted by molar-refractivity contribution is -0.384. The summed E-state index contributed by atoms with van der Waals surface area (Å²) < 4.78 is 5.24. The first-order valence-electron chi connectivity index (χ1n) is 5.18. The van der Waals surface area contributed by atoms with Gasteiger partial charge in [0.25, 0.3) is 5.69 Å². The number of nitro groups is 1. The number of anilines is 1. The lowest BCUT2D eigenvalue weighted by Gasteiger charge is -2.18. The molecule has 0 aliphatic heterocycles. The summed E-state index contributed by atoms with van der Waals surface area (Å²) in [6.07, 6.45) is 0. The Labute approximate surface area is 94.8 Å². The van der Waals surface area contributed by atoms with Crippen LogP contribution in [0.1, 0.15) is 6.92 Å². The number of nitrogens with zero attached hydrogens (tertiary/aromatic N) is 2. The Kier molecular flexibility index (Phi) is 4.72. The third-order valence-corrected chi connectivity index (χ3v) is 2.28. The van der Waals surface area contributed by atoms with Gasteiger partial charge in [-0.25, -0.2) is 0 Å². The highest BCUT2D eigenvalue weighted by Gasteiger charge is 2.06. The van der Waals surface area contributed by atoms with E-state index in [0.29, 0.717) is 13.2 Å². The van der Waals surface area contributed by atoms with Crippen LogP contribution in [-0.2, 0) is 4.74 Å². The van der Waals surface area contributed by atoms with Gasteiger partial charge in [0.2, 0.25) is 0 Å². The lowest BCUT2D eigenvalue weighted by Crippen LogP contribution is -2.22. The average Bonchev–Trinajstić information content (AvgIpc) is 2.29. The molecule has 0 fully saturated rings. The Hall–Kier alpha value is -1.62. The van der Waals surface area contributed by atoms with Gasteiger partial charge in [-0.15, -0.1) is 0 Å². The number of likely N-dealkylation sites (N-methyl/N-ethyl adjacent to an activating group) is 1. The van der Waals surface area contributed by atoms with Crippen LogP contribution in [0.5, 0.6) is 0 Å². The fraction of sp³-hybridized carbons (Fsp3) is 0.455. The van der Waals surface area contributed by atoms with E-state index in [1.165, 1.54) is 12.1 Å². The standard InChI is InChI=1S/C11H16N2O3/c1-3-16-9-8-12(2)10-4-6-11(7-5-10)13(14)15/h4-7H,3,8-9H2,1-2H3. The molecule has 0 saturated carbocycles. The lowest BCUT2D eigenvalue weighted by atomic mass is 10.2. The maximum Gasteiger partial charge on any atom is 0.269 e. The summed E-state index contributed by atoms with van der Waals surface area (Å²) in [6.45, 7) is 4.08. The van der Waals surface area contributed by atoms with Gasteiger partial charge in [0, 0.05) is 38.0 Å². The number of ether oxygens (including phenoxy) is 1. The molecule has 0 spiro atoms. The molecule has 0 unspecified atom stereocenters. The van der Waals surface area contributed by atoms with E-state index >= 15 is 0 Å². The van der Waals surface area contributed by atoms with Gasteiger partial charge in [-0.05, 0) is 19.1 Å². The molecule has 0 N–H and O–H groups in total. The van der Waals surface area contributed by atoms with Crippen molar-refractivity contribution in [3.63, 3.8) is 0 Å². The summed E-state index contributed by atoms with van der Waals surface area (Å²) in [4.78, 5) is 12.1. The number of hydrogen-bond donors (Lipinski definition) is 0. The minimum atomic E-state index is -0.399. The Balaban J connectivity index is 2.56. The normalized spacial score (nSPS) is 10.1. The van der Waals surface area contributed by atoms with Crippen molar-refractivity contribution in [3.05, 3.63) is 34.4 Å². The van der Waals surface area contributed by atoms with E-state index in [4.69, 9.17) is 4.74 Å². The van der Waals surface area contributed by atoms with Crippen LogP contribution < -0.4 is 4.90 Å². The predicted molar refractivity (Wildman–Crippen MR) is 62.9 cm³/mol. The molecule has 1 rings (SSSR count). The summed E-state index contributed by atoms with van der Waals surface area (Å²) in [7, 11) is 1.93. The number of nitro benzene ring substituents is 1. The van der Waals surface area contributed by atoms with Crippen molar-refractivity contribution in [3.8, 4) is 0 Å². The highest BCUT2D eigenvalue weighted by molar-refractivity contribution is 5.50. The molecule has 5 heteroatoms. The molecule has 0 bridgehead atoms. The van der Waals surface area contributed by atoms with E-state index in [9.17, 15) is 10.1 Å². The molecule has 16 heavy (non-hydrogen) atoms. The van der Waals surface area contributed by atoms with E-state index in [-0.39, 0.29) is 5.69 Å². The fourth-order valence-electron chi connectivity index (χ4n) is 1.30. The van der Waals surface area contributed by atoms with E-state index in [2.05, 4.69) is 0 Å². The first-order valence-corrected chi connectivity index (χ1v) is 5.18. The van der Waals surface area contributed by atoms with Crippen LogP contribution in [0.25, 0.3) is 0 Å². The molecule has 0 aromatic heterocycles. The smallest absolute Gasteiger partial charge is 0.269 e. The number of benzene rings is 1. The second-order valence-corrected chi connectivity index (χ2v) is 3.39. The summed E-state index contributed by atoms with van der Waals surface area (Å²) in [5.74, 6) is 0. The molecule has 0 atom stereocenters. The van der Waals surface area contributed by atoms with Crippen molar-refractivity contribution in [1.82, 2.24) is 0 Å². The quantitative estimate of drug-likeness (QED) is 0.421. The molecule has 5 nitrogen and oxygen atoms in total. The van der Waals surface area contributed by atoms with Crippen molar-refractivity contribution in [1.29, 1.82) is 0 Å². The van der Waals surface area contributed by atoms with Crippen LogP contribution in [0.2, 0.25) is 0 Å². The number of rotatable bonds is 6. The highest BCUT2D eigenvalue weighted by atomic mass is 16.6. The van der Waals surface area contributed by atoms with Gasteiger partial charge in [0.1, 0.15) is 0 Å². The SMILES string of the molecule is CCOCCN(C)c1ccc([N+](=O)[O-])cc1. The minimum absolute atomic E-state index is 0.113. The van der Waals surface area contributed by atoms with E-state index < -0.39 is 4.92 Å². The van der Waals surface area contributed by atoms with Gasteiger partial charge in [0.15, 0.2) is 0 Å². The first kappa shape index (κ1) is 12.4. The van der Waals surface area contributed by atoms with Crippen LogP contribution in [0, 0.1) is 10.1 Å². The van der Waals surface area contributed by atoms with Crippen molar-refractivity contribution in [2.45, 2.75) is 6.92 Å². The number of non-ortho nitro benzene ring substituents is 1. The van der Waals surface area contributed by atoms with Crippen molar-refractivity contribution < 1.29 is 9.66 Å². The molecule has 0 amide bonds. The highest BCUT2D eigenvalue weighted by Crippen LogP contribution is 2.17. The zero-order chi connectivity index (χ0) is 12.0. The average molecular weight is 224 g/mol. The molecular formula is C11H16N2O3. The van der Waals surface area contributed by atoms with Gasteiger partial charge in [-0.1, -0.05) is 0 Å². The van der Waals surface area contributed by atoms with Gasteiger partial charge in [-0.3, -0.25) is 10.1 Å². The zero-order valence-electron chi connectivity index (χ0n) is 9.55. The van der Waals surface area contributed by atoms with Gasteiger partial charge < -0.3 is 9.64 Å². The van der Waals surface area contributed by atoms with Gasteiger partial charge in [-0.2, -0.15) is 0 Å². The summed E-state index contributed by atoms with van der Waals surface area (Å²) >= 11 is 0. The van der Waals surface area contributed by atoms with Crippen LogP contribution in [0.15, 0.2) is 24.3 Å². The van der Waals surface area contributed by atoms with E-state index in [1.54, 1.807) is 12.1 Å².